The highest BCUT2D eigenvalue weighted by molar-refractivity contribution is 7.21. The minimum absolute atomic E-state index is 0.0278. The van der Waals surface area contributed by atoms with Gasteiger partial charge in [0.25, 0.3) is 5.91 Å². The predicted molar refractivity (Wildman–Crippen MR) is 112 cm³/mol. The van der Waals surface area contributed by atoms with Gasteiger partial charge in [0.15, 0.2) is 0 Å². The van der Waals surface area contributed by atoms with Gasteiger partial charge in [-0.1, -0.05) is 24.3 Å². The second-order valence-electron chi connectivity index (χ2n) is 7.06. The molecule has 0 saturated heterocycles. The Balaban J connectivity index is 1.41. The largest absolute Gasteiger partial charge is 0.345 e. The normalized spacial score (nSPS) is 15.9. The van der Waals surface area contributed by atoms with Gasteiger partial charge in [-0.15, -0.1) is 11.3 Å². The van der Waals surface area contributed by atoms with Crippen LogP contribution in [0.3, 0.4) is 0 Å². The highest BCUT2D eigenvalue weighted by atomic mass is 32.1. The van der Waals surface area contributed by atoms with Gasteiger partial charge in [-0.3, -0.25) is 9.78 Å². The summed E-state index contributed by atoms with van der Waals surface area (Å²) in [5.41, 5.74) is 5.17. The van der Waals surface area contributed by atoms with Crippen LogP contribution in [0.15, 0.2) is 67.0 Å². The molecule has 1 amide bonds. The maximum absolute atomic E-state index is 12.9. The molecule has 1 aliphatic rings. The van der Waals surface area contributed by atoms with Crippen LogP contribution in [0.2, 0.25) is 0 Å². The number of nitrogens with one attached hydrogen (secondary N) is 1. The fourth-order valence-electron chi connectivity index (χ4n) is 3.82. The van der Waals surface area contributed by atoms with E-state index in [1.807, 2.05) is 42.6 Å². The zero-order valence-corrected chi connectivity index (χ0v) is 16.1. The Kier molecular flexibility index (Phi) is 4.37. The summed E-state index contributed by atoms with van der Waals surface area (Å²) < 4.78 is 1.01. The van der Waals surface area contributed by atoms with Crippen LogP contribution in [-0.2, 0) is 6.42 Å². The van der Waals surface area contributed by atoms with Crippen LogP contribution in [0.1, 0.15) is 40.4 Å². The molecule has 2 aromatic heterocycles. The van der Waals surface area contributed by atoms with Gasteiger partial charge in [0, 0.05) is 23.5 Å². The minimum Gasteiger partial charge on any atom is -0.345 e. The molecule has 5 rings (SSSR count). The summed E-state index contributed by atoms with van der Waals surface area (Å²) in [5, 5.41) is 4.15. The molecule has 1 aliphatic carbocycles. The lowest BCUT2D eigenvalue weighted by atomic mass is 9.87. The third kappa shape index (κ3) is 3.18. The highest BCUT2D eigenvalue weighted by Crippen LogP contribution is 2.32. The second-order valence-corrected chi connectivity index (χ2v) is 8.09. The minimum atomic E-state index is -0.0278. The van der Waals surface area contributed by atoms with Crippen LogP contribution in [0.25, 0.3) is 20.8 Å². The SMILES string of the molecule is O=C(NC1CCCc2ccccc21)c1ccc2nc(-c3cccnc3)sc2c1. The monoisotopic (exact) mass is 385 g/mol. The summed E-state index contributed by atoms with van der Waals surface area (Å²) in [4.78, 5) is 21.7. The number of fused-ring (bicyclic) bond motifs is 2. The predicted octanol–water partition coefficient (Wildman–Crippen LogP) is 5.17. The number of aryl methyl sites for hydroxylation is 1. The molecule has 4 nitrogen and oxygen atoms in total. The number of benzene rings is 2. The first kappa shape index (κ1) is 17.1. The smallest absolute Gasteiger partial charge is 0.251 e. The molecule has 0 spiro atoms. The molecule has 1 unspecified atom stereocenters. The quantitative estimate of drug-likeness (QED) is 0.530. The molecule has 0 fully saturated rings. The molecule has 0 aliphatic heterocycles. The van der Waals surface area contributed by atoms with Crippen molar-refractivity contribution >= 4 is 27.5 Å². The fraction of sp³-hybridized carbons (Fsp3) is 0.174. The van der Waals surface area contributed by atoms with E-state index >= 15 is 0 Å². The summed E-state index contributed by atoms with van der Waals surface area (Å²) in [6.45, 7) is 0. The van der Waals surface area contributed by atoms with Gasteiger partial charge < -0.3 is 5.32 Å². The first-order valence-corrected chi connectivity index (χ1v) is 10.3. The molecule has 2 heterocycles. The van der Waals surface area contributed by atoms with E-state index in [2.05, 4.69) is 33.5 Å². The van der Waals surface area contributed by atoms with Crippen LogP contribution in [0, 0.1) is 0 Å². The number of aromatic nitrogens is 2. The zero-order valence-electron chi connectivity index (χ0n) is 15.3. The van der Waals surface area contributed by atoms with Crippen LogP contribution >= 0.6 is 11.3 Å². The van der Waals surface area contributed by atoms with E-state index in [0.717, 1.165) is 40.1 Å². The first-order valence-electron chi connectivity index (χ1n) is 9.47. The van der Waals surface area contributed by atoms with Crippen LogP contribution in [0.5, 0.6) is 0 Å². The molecule has 0 radical (unpaired) electrons. The Morgan fingerprint density at radius 1 is 1.11 bits per heavy atom. The van der Waals surface area contributed by atoms with E-state index < -0.39 is 0 Å². The van der Waals surface area contributed by atoms with Gasteiger partial charge >= 0.3 is 0 Å². The number of nitrogens with zero attached hydrogens (tertiary/aromatic N) is 2. The van der Waals surface area contributed by atoms with Crippen molar-refractivity contribution in [3.63, 3.8) is 0 Å². The molecular formula is C23H19N3OS. The molecule has 5 heteroatoms. The third-order valence-corrected chi connectivity index (χ3v) is 6.30. The van der Waals surface area contributed by atoms with Gasteiger partial charge in [0.1, 0.15) is 5.01 Å². The van der Waals surface area contributed by atoms with E-state index in [-0.39, 0.29) is 11.9 Å². The Hall–Kier alpha value is -3.05. The van der Waals surface area contributed by atoms with Crippen molar-refractivity contribution in [1.82, 2.24) is 15.3 Å². The van der Waals surface area contributed by atoms with Crippen molar-refractivity contribution < 1.29 is 4.79 Å². The topological polar surface area (TPSA) is 54.9 Å². The molecule has 0 saturated carbocycles. The number of pyridine rings is 1. The van der Waals surface area contributed by atoms with E-state index in [9.17, 15) is 4.79 Å². The van der Waals surface area contributed by atoms with E-state index in [1.165, 1.54) is 11.1 Å². The summed E-state index contributed by atoms with van der Waals surface area (Å²) in [6.07, 6.45) is 6.74. The lowest BCUT2D eigenvalue weighted by molar-refractivity contribution is 0.0933. The second kappa shape index (κ2) is 7.17. The Morgan fingerprint density at radius 2 is 2.04 bits per heavy atom. The Labute approximate surface area is 167 Å². The lowest BCUT2D eigenvalue weighted by Gasteiger charge is -2.26. The standard InChI is InChI=1S/C23H19N3OS/c27-22(25-19-9-3-6-15-5-1-2-8-18(15)19)16-10-11-20-21(13-16)28-23(26-20)17-7-4-12-24-14-17/h1-2,4-5,7-8,10-14,19H,3,6,9H2,(H,25,27). The van der Waals surface area contributed by atoms with Gasteiger partial charge in [0.05, 0.1) is 16.3 Å². The van der Waals surface area contributed by atoms with Gasteiger partial charge in [0.2, 0.25) is 0 Å². The summed E-state index contributed by atoms with van der Waals surface area (Å²) in [7, 11) is 0. The van der Waals surface area contributed by atoms with E-state index in [1.54, 1.807) is 17.5 Å². The Bertz CT molecular complexity index is 1150. The number of thiazole rings is 1. The molecule has 4 aromatic rings. The average Bonchev–Trinajstić information content (AvgIpc) is 3.18. The molecule has 138 valence electrons. The average molecular weight is 385 g/mol. The van der Waals surface area contributed by atoms with E-state index in [0.29, 0.717) is 5.56 Å². The van der Waals surface area contributed by atoms with Crippen molar-refractivity contribution in [1.29, 1.82) is 0 Å². The zero-order chi connectivity index (χ0) is 18.9. The first-order chi connectivity index (χ1) is 13.8. The number of rotatable bonds is 3. The van der Waals surface area contributed by atoms with E-state index in [4.69, 9.17) is 0 Å². The lowest BCUT2D eigenvalue weighted by Crippen LogP contribution is -2.30. The summed E-state index contributed by atoms with van der Waals surface area (Å²) in [5.74, 6) is -0.0278. The summed E-state index contributed by atoms with van der Waals surface area (Å²) >= 11 is 1.59. The third-order valence-electron chi connectivity index (χ3n) is 5.23. The van der Waals surface area contributed by atoms with Crippen LogP contribution in [0.4, 0.5) is 0 Å². The molecule has 1 N–H and O–H groups in total. The number of hydrogen-bond donors (Lipinski definition) is 1. The van der Waals surface area contributed by atoms with Crippen molar-refractivity contribution in [2.45, 2.75) is 25.3 Å². The number of carbonyl (C=O) groups excluding carboxylic acids is 1. The molecule has 2 aromatic carbocycles. The van der Waals surface area contributed by atoms with Crippen LogP contribution < -0.4 is 5.32 Å². The molecule has 0 bridgehead atoms. The molecule has 1 atom stereocenters. The number of amides is 1. The Morgan fingerprint density at radius 3 is 2.93 bits per heavy atom. The maximum atomic E-state index is 12.9. The highest BCUT2D eigenvalue weighted by Gasteiger charge is 2.22. The molecule has 28 heavy (non-hydrogen) atoms. The van der Waals surface area contributed by atoms with Gasteiger partial charge in [-0.05, 0) is 60.7 Å². The summed E-state index contributed by atoms with van der Waals surface area (Å²) in [6, 6.07) is 18.1. The van der Waals surface area contributed by atoms with Crippen molar-refractivity contribution in [2.75, 3.05) is 0 Å². The maximum Gasteiger partial charge on any atom is 0.251 e. The van der Waals surface area contributed by atoms with Gasteiger partial charge in [-0.25, -0.2) is 4.98 Å². The molecular weight excluding hydrogens is 366 g/mol. The number of carbonyl (C=O) groups is 1. The number of hydrogen-bond acceptors (Lipinski definition) is 4. The fourth-order valence-corrected chi connectivity index (χ4v) is 4.82. The van der Waals surface area contributed by atoms with Crippen molar-refractivity contribution in [2.24, 2.45) is 0 Å². The van der Waals surface area contributed by atoms with Crippen molar-refractivity contribution in [3.8, 4) is 10.6 Å². The van der Waals surface area contributed by atoms with Gasteiger partial charge in [-0.2, -0.15) is 0 Å². The van der Waals surface area contributed by atoms with Crippen LogP contribution in [-0.4, -0.2) is 15.9 Å². The van der Waals surface area contributed by atoms with Crippen molar-refractivity contribution in [3.05, 3.63) is 83.7 Å².